The number of non-ortho nitro benzene ring substituents is 1. The maximum absolute atomic E-state index is 11.2. The van der Waals surface area contributed by atoms with E-state index in [4.69, 9.17) is 0 Å². The first kappa shape index (κ1) is 15.6. The predicted molar refractivity (Wildman–Crippen MR) is 80.0 cm³/mol. The van der Waals surface area contributed by atoms with Crippen molar-refractivity contribution in [3.63, 3.8) is 0 Å². The highest BCUT2D eigenvalue weighted by Gasteiger charge is 2.26. The molecule has 0 atom stereocenters. The van der Waals surface area contributed by atoms with Crippen molar-refractivity contribution in [2.45, 2.75) is 26.2 Å². The molecule has 22 heavy (non-hydrogen) atoms. The van der Waals surface area contributed by atoms with E-state index < -0.39 is 9.85 Å². The Balaban J connectivity index is 2.52. The van der Waals surface area contributed by atoms with Crippen LogP contribution in [0.5, 0.6) is 0 Å². The van der Waals surface area contributed by atoms with Crippen LogP contribution in [-0.4, -0.2) is 9.85 Å². The van der Waals surface area contributed by atoms with Crippen molar-refractivity contribution < 1.29 is 14.4 Å². The number of nitro groups is 2. The van der Waals surface area contributed by atoms with Crippen LogP contribution < -0.4 is 4.57 Å². The average molecular weight is 302 g/mol. The van der Waals surface area contributed by atoms with E-state index in [1.54, 1.807) is 17.0 Å². The highest BCUT2D eigenvalue weighted by atomic mass is 16.6. The van der Waals surface area contributed by atoms with Crippen molar-refractivity contribution >= 4 is 11.4 Å². The molecule has 0 aliphatic rings. The van der Waals surface area contributed by atoms with Gasteiger partial charge in [-0.2, -0.15) is 4.57 Å². The van der Waals surface area contributed by atoms with Crippen molar-refractivity contribution in [3.8, 4) is 5.69 Å². The number of nitro benzene ring substituents is 2. The number of nitrogens with zero attached hydrogens (tertiary/aromatic N) is 3. The van der Waals surface area contributed by atoms with Gasteiger partial charge in [-0.1, -0.05) is 20.8 Å². The quantitative estimate of drug-likeness (QED) is 0.495. The van der Waals surface area contributed by atoms with E-state index >= 15 is 0 Å². The zero-order valence-corrected chi connectivity index (χ0v) is 12.5. The molecule has 1 aromatic carbocycles. The molecule has 0 spiro atoms. The first-order valence-corrected chi connectivity index (χ1v) is 6.65. The van der Waals surface area contributed by atoms with Crippen molar-refractivity contribution in [1.82, 2.24) is 0 Å². The summed E-state index contributed by atoms with van der Waals surface area (Å²) < 4.78 is 1.58. The van der Waals surface area contributed by atoms with Gasteiger partial charge in [0.05, 0.1) is 9.85 Å². The summed E-state index contributed by atoms with van der Waals surface area (Å²) in [7, 11) is 0. The minimum atomic E-state index is -0.649. The van der Waals surface area contributed by atoms with E-state index in [2.05, 4.69) is 20.8 Å². The Hall–Kier alpha value is -2.83. The van der Waals surface area contributed by atoms with Gasteiger partial charge < -0.3 is 0 Å². The van der Waals surface area contributed by atoms with Crippen LogP contribution in [0, 0.1) is 20.2 Å². The number of rotatable bonds is 3. The van der Waals surface area contributed by atoms with Gasteiger partial charge in [-0.25, -0.2) is 0 Å². The molecule has 0 bridgehead atoms. The lowest BCUT2D eigenvalue weighted by Crippen LogP contribution is -2.31. The summed E-state index contributed by atoms with van der Waals surface area (Å²) in [5, 5.41) is 21.9. The van der Waals surface area contributed by atoms with E-state index in [0.29, 0.717) is 0 Å². The Bertz CT molecular complexity index is 733. The third-order valence-corrected chi connectivity index (χ3v) is 3.34. The molecule has 2 rings (SSSR count). The van der Waals surface area contributed by atoms with Crippen LogP contribution in [0.3, 0.4) is 0 Å². The standard InChI is InChI=1S/C15H16N3O4/c1-15(2,3)11-6-8-16(9-7-11)13-5-4-12(17(19)20)10-14(13)18(21)22/h4-10H,1-3H3/q+1. The number of hydrogen-bond donors (Lipinski definition) is 0. The highest BCUT2D eigenvalue weighted by Crippen LogP contribution is 2.25. The van der Waals surface area contributed by atoms with E-state index in [1.807, 2.05) is 12.1 Å². The van der Waals surface area contributed by atoms with E-state index in [9.17, 15) is 20.2 Å². The molecule has 1 heterocycles. The largest absolute Gasteiger partial charge is 0.347 e. The van der Waals surface area contributed by atoms with Gasteiger partial charge in [-0.15, -0.1) is 0 Å². The molecule has 1 aromatic heterocycles. The van der Waals surface area contributed by atoms with Gasteiger partial charge in [0.15, 0.2) is 12.4 Å². The summed E-state index contributed by atoms with van der Waals surface area (Å²) in [6, 6.07) is 7.37. The van der Waals surface area contributed by atoms with Crippen LogP contribution in [0.15, 0.2) is 42.7 Å². The monoisotopic (exact) mass is 302 g/mol. The second-order valence-electron chi connectivity index (χ2n) is 5.93. The second-order valence-corrected chi connectivity index (χ2v) is 5.93. The van der Waals surface area contributed by atoms with Gasteiger partial charge in [0.25, 0.3) is 11.4 Å². The Labute approximate surface area is 127 Å². The summed E-state index contributed by atoms with van der Waals surface area (Å²) >= 11 is 0. The normalized spacial score (nSPS) is 11.2. The molecule has 0 aliphatic heterocycles. The molecule has 0 saturated heterocycles. The van der Waals surface area contributed by atoms with Crippen LogP contribution in [0.1, 0.15) is 26.3 Å². The van der Waals surface area contributed by atoms with Crippen molar-refractivity contribution in [3.05, 3.63) is 68.5 Å². The molecular weight excluding hydrogens is 286 g/mol. The zero-order chi connectivity index (χ0) is 16.5. The Morgan fingerprint density at radius 1 is 0.955 bits per heavy atom. The van der Waals surface area contributed by atoms with Crippen LogP contribution in [0.4, 0.5) is 11.4 Å². The van der Waals surface area contributed by atoms with E-state index in [1.165, 1.54) is 12.1 Å². The molecule has 2 aromatic rings. The first-order valence-electron chi connectivity index (χ1n) is 6.65. The van der Waals surface area contributed by atoms with Gasteiger partial charge in [-0.05, 0) is 11.0 Å². The molecular formula is C15H16N3O4+. The van der Waals surface area contributed by atoms with E-state index in [-0.39, 0.29) is 22.5 Å². The minimum Gasteiger partial charge on any atom is -0.258 e. The maximum atomic E-state index is 11.2. The average Bonchev–Trinajstić information content (AvgIpc) is 2.45. The molecule has 7 heteroatoms. The Morgan fingerprint density at radius 2 is 1.55 bits per heavy atom. The van der Waals surface area contributed by atoms with Crippen LogP contribution >= 0.6 is 0 Å². The second kappa shape index (κ2) is 5.51. The number of hydrogen-bond acceptors (Lipinski definition) is 4. The Kier molecular flexibility index (Phi) is 3.90. The molecule has 114 valence electrons. The predicted octanol–water partition coefficient (Wildman–Crippen LogP) is 3.08. The van der Waals surface area contributed by atoms with Crippen LogP contribution in [-0.2, 0) is 5.41 Å². The molecule has 0 amide bonds. The number of benzene rings is 1. The summed E-state index contributed by atoms with van der Waals surface area (Å²) in [5.74, 6) is 0. The van der Waals surface area contributed by atoms with Gasteiger partial charge in [-0.3, -0.25) is 20.2 Å². The van der Waals surface area contributed by atoms with Crippen molar-refractivity contribution in [1.29, 1.82) is 0 Å². The van der Waals surface area contributed by atoms with Gasteiger partial charge >= 0.3 is 5.69 Å². The lowest BCUT2D eigenvalue weighted by Gasteiger charge is -2.17. The molecule has 0 fully saturated rings. The van der Waals surface area contributed by atoms with E-state index in [0.717, 1.165) is 11.6 Å². The smallest absolute Gasteiger partial charge is 0.258 e. The SMILES string of the molecule is CC(C)(C)c1cc[n+](-c2ccc([N+](=O)[O-])cc2[N+](=O)[O-])cc1. The minimum absolute atomic E-state index is 0.0273. The topological polar surface area (TPSA) is 90.2 Å². The zero-order valence-electron chi connectivity index (χ0n) is 12.5. The maximum Gasteiger partial charge on any atom is 0.347 e. The molecule has 0 radical (unpaired) electrons. The molecule has 0 N–H and O–H groups in total. The summed E-state index contributed by atoms with van der Waals surface area (Å²) in [5.41, 5.74) is 0.745. The lowest BCUT2D eigenvalue weighted by molar-refractivity contribution is -0.601. The van der Waals surface area contributed by atoms with Gasteiger partial charge in [0, 0.05) is 24.3 Å². The Morgan fingerprint density at radius 3 is 2.00 bits per heavy atom. The third-order valence-electron chi connectivity index (χ3n) is 3.34. The highest BCUT2D eigenvalue weighted by molar-refractivity contribution is 5.53. The number of aromatic nitrogens is 1. The fraction of sp³-hybridized carbons (Fsp3) is 0.267. The summed E-state index contributed by atoms with van der Waals surface area (Å²) in [6.07, 6.45) is 3.43. The molecule has 0 unspecified atom stereocenters. The van der Waals surface area contributed by atoms with Gasteiger partial charge in [0.1, 0.15) is 6.07 Å². The first-order chi connectivity index (χ1) is 10.2. The third kappa shape index (κ3) is 3.08. The van der Waals surface area contributed by atoms with Crippen LogP contribution in [0.25, 0.3) is 5.69 Å². The molecule has 0 aliphatic carbocycles. The van der Waals surface area contributed by atoms with Crippen LogP contribution in [0.2, 0.25) is 0 Å². The number of pyridine rings is 1. The lowest BCUT2D eigenvalue weighted by atomic mass is 9.88. The van der Waals surface area contributed by atoms with Crippen molar-refractivity contribution in [2.24, 2.45) is 0 Å². The fourth-order valence-corrected chi connectivity index (χ4v) is 2.08. The fourth-order valence-electron chi connectivity index (χ4n) is 2.08. The molecule has 0 saturated carbocycles. The summed E-state index contributed by atoms with van der Waals surface area (Å²) in [4.78, 5) is 20.7. The van der Waals surface area contributed by atoms with Gasteiger partial charge in [0.2, 0.25) is 0 Å². The molecule has 7 nitrogen and oxygen atoms in total. The summed E-state index contributed by atoms with van der Waals surface area (Å²) in [6.45, 7) is 6.21. The van der Waals surface area contributed by atoms with Crippen molar-refractivity contribution in [2.75, 3.05) is 0 Å².